The van der Waals surface area contributed by atoms with Crippen molar-refractivity contribution in [1.82, 2.24) is 4.90 Å². The average Bonchev–Trinajstić information content (AvgIpc) is 2.99. The van der Waals surface area contributed by atoms with E-state index in [9.17, 15) is 34.5 Å². The SMILES string of the molecule is O=C(O)c1cc(C(=O)O)c(C(=O)N(CCCCc2ccccc2)Cc2ccc(Oc3ccccc3)cc2)cc1C(=O)O. The Morgan fingerprint density at radius 3 is 1.64 bits per heavy atom. The summed E-state index contributed by atoms with van der Waals surface area (Å²) in [5.41, 5.74) is -0.459. The molecule has 4 rings (SSSR count). The van der Waals surface area contributed by atoms with Crippen LogP contribution in [-0.4, -0.2) is 50.6 Å². The minimum absolute atomic E-state index is 0.109. The lowest BCUT2D eigenvalue weighted by Crippen LogP contribution is -2.33. The number of nitrogens with zero attached hydrogens (tertiary/aromatic N) is 1. The van der Waals surface area contributed by atoms with Crippen LogP contribution in [0.15, 0.2) is 97.1 Å². The maximum atomic E-state index is 13.8. The first-order valence-electron chi connectivity index (χ1n) is 13.3. The van der Waals surface area contributed by atoms with Crippen molar-refractivity contribution in [2.45, 2.75) is 25.8 Å². The number of amides is 1. The Morgan fingerprint density at radius 1 is 0.571 bits per heavy atom. The summed E-state index contributed by atoms with van der Waals surface area (Å²) in [6.45, 7) is 0.369. The molecule has 0 aliphatic heterocycles. The van der Waals surface area contributed by atoms with Crippen molar-refractivity contribution in [2.75, 3.05) is 6.54 Å². The fourth-order valence-corrected chi connectivity index (χ4v) is 4.51. The molecule has 0 aliphatic rings. The van der Waals surface area contributed by atoms with Crippen LogP contribution in [0.3, 0.4) is 0 Å². The Hall–Kier alpha value is -5.44. The molecule has 42 heavy (non-hydrogen) atoms. The number of carbonyl (C=O) groups is 4. The Morgan fingerprint density at radius 2 is 1.07 bits per heavy atom. The highest BCUT2D eigenvalue weighted by atomic mass is 16.5. The van der Waals surface area contributed by atoms with Crippen molar-refractivity contribution in [3.05, 3.63) is 130 Å². The highest BCUT2D eigenvalue weighted by Gasteiger charge is 2.28. The van der Waals surface area contributed by atoms with E-state index in [1.165, 1.54) is 4.90 Å². The van der Waals surface area contributed by atoms with E-state index in [4.69, 9.17) is 4.74 Å². The fraction of sp³-hybridized carbons (Fsp3) is 0.152. The molecule has 0 aromatic heterocycles. The molecule has 0 spiro atoms. The molecule has 9 heteroatoms. The highest BCUT2D eigenvalue weighted by Crippen LogP contribution is 2.24. The third-order valence-electron chi connectivity index (χ3n) is 6.63. The smallest absolute Gasteiger partial charge is 0.336 e. The topological polar surface area (TPSA) is 141 Å². The fourth-order valence-electron chi connectivity index (χ4n) is 4.51. The molecule has 3 N–H and O–H groups in total. The van der Waals surface area contributed by atoms with Gasteiger partial charge in [-0.05, 0) is 66.8 Å². The second-order valence-electron chi connectivity index (χ2n) is 9.59. The number of hydrogen-bond donors (Lipinski definition) is 3. The summed E-state index contributed by atoms with van der Waals surface area (Å²) in [5.74, 6) is -4.18. The van der Waals surface area contributed by atoms with Crippen molar-refractivity contribution in [3.63, 3.8) is 0 Å². The van der Waals surface area contributed by atoms with Gasteiger partial charge in [0.2, 0.25) is 0 Å². The maximum absolute atomic E-state index is 13.8. The van der Waals surface area contributed by atoms with Crippen molar-refractivity contribution >= 4 is 23.8 Å². The number of unbranched alkanes of at least 4 members (excludes halogenated alkanes) is 1. The zero-order valence-corrected chi connectivity index (χ0v) is 22.6. The number of rotatable bonds is 13. The third kappa shape index (κ3) is 7.60. The maximum Gasteiger partial charge on any atom is 0.336 e. The monoisotopic (exact) mass is 567 g/mol. The van der Waals surface area contributed by atoms with Crippen LogP contribution in [0.5, 0.6) is 11.5 Å². The molecule has 0 saturated heterocycles. The Kier molecular flexibility index (Phi) is 9.68. The summed E-state index contributed by atoms with van der Waals surface area (Å²) >= 11 is 0. The van der Waals surface area contributed by atoms with Crippen molar-refractivity contribution in [2.24, 2.45) is 0 Å². The summed E-state index contributed by atoms with van der Waals surface area (Å²) in [6.07, 6.45) is 2.13. The van der Waals surface area contributed by atoms with Gasteiger partial charge in [-0.1, -0.05) is 60.7 Å². The molecular weight excluding hydrogens is 538 g/mol. The first-order chi connectivity index (χ1) is 20.2. The van der Waals surface area contributed by atoms with Gasteiger partial charge in [0.25, 0.3) is 5.91 Å². The van der Waals surface area contributed by atoms with Crippen LogP contribution < -0.4 is 4.74 Å². The lowest BCUT2D eigenvalue weighted by atomic mass is 9.96. The highest BCUT2D eigenvalue weighted by molar-refractivity contribution is 6.10. The van der Waals surface area contributed by atoms with Gasteiger partial charge < -0.3 is 25.0 Å². The average molecular weight is 568 g/mol. The quantitative estimate of drug-likeness (QED) is 0.161. The van der Waals surface area contributed by atoms with Crippen LogP contribution in [0.4, 0.5) is 0 Å². The van der Waals surface area contributed by atoms with Gasteiger partial charge in [-0.3, -0.25) is 4.79 Å². The Balaban J connectivity index is 1.60. The lowest BCUT2D eigenvalue weighted by molar-refractivity contribution is 0.0644. The first kappa shape index (κ1) is 29.5. The van der Waals surface area contributed by atoms with Gasteiger partial charge in [0.1, 0.15) is 11.5 Å². The largest absolute Gasteiger partial charge is 0.478 e. The van der Waals surface area contributed by atoms with Gasteiger partial charge >= 0.3 is 17.9 Å². The van der Waals surface area contributed by atoms with Gasteiger partial charge in [-0.25, -0.2) is 14.4 Å². The number of carboxylic acids is 3. The minimum Gasteiger partial charge on any atom is -0.478 e. The molecule has 0 radical (unpaired) electrons. The van der Waals surface area contributed by atoms with Crippen LogP contribution in [0.25, 0.3) is 0 Å². The lowest BCUT2D eigenvalue weighted by Gasteiger charge is -2.24. The van der Waals surface area contributed by atoms with Gasteiger partial charge in [0.15, 0.2) is 0 Å². The zero-order chi connectivity index (χ0) is 30.1. The molecule has 9 nitrogen and oxygen atoms in total. The molecule has 0 aliphatic carbocycles. The molecule has 4 aromatic carbocycles. The number of aryl methyl sites for hydroxylation is 1. The standard InChI is InChI=1S/C33H29NO8/c35-30(26-19-28(32(38)39)29(33(40)41)20-27(26)31(36)37)34(18-8-7-11-22-9-3-1-4-10-22)21-23-14-16-25(17-15-23)42-24-12-5-2-6-13-24/h1-6,9-10,12-17,19-20H,7-8,11,18,21H2,(H,36,37)(H,38,39)(H,40,41). The third-order valence-corrected chi connectivity index (χ3v) is 6.63. The molecule has 0 saturated carbocycles. The van der Waals surface area contributed by atoms with Crippen LogP contribution in [0.2, 0.25) is 0 Å². The summed E-state index contributed by atoms with van der Waals surface area (Å²) < 4.78 is 5.84. The normalized spacial score (nSPS) is 10.6. The number of hydrogen-bond acceptors (Lipinski definition) is 5. The molecule has 0 atom stereocenters. The number of ether oxygens (including phenoxy) is 1. The number of para-hydroxylation sites is 1. The molecule has 4 aromatic rings. The van der Waals surface area contributed by atoms with Gasteiger partial charge in [0.05, 0.1) is 22.3 Å². The van der Waals surface area contributed by atoms with E-state index in [0.29, 0.717) is 17.9 Å². The Labute approximate surface area is 242 Å². The number of carboxylic acid groups (broad SMARTS) is 3. The van der Waals surface area contributed by atoms with E-state index in [2.05, 4.69) is 0 Å². The zero-order valence-electron chi connectivity index (χ0n) is 22.6. The van der Waals surface area contributed by atoms with Crippen molar-refractivity contribution in [1.29, 1.82) is 0 Å². The molecule has 0 heterocycles. The second-order valence-corrected chi connectivity index (χ2v) is 9.59. The predicted octanol–water partition coefficient (Wildman–Crippen LogP) is 6.24. The van der Waals surface area contributed by atoms with Crippen LogP contribution >= 0.6 is 0 Å². The van der Waals surface area contributed by atoms with E-state index >= 15 is 0 Å². The first-order valence-corrected chi connectivity index (χ1v) is 13.3. The van der Waals surface area contributed by atoms with Crippen LogP contribution in [0.1, 0.15) is 65.4 Å². The second kappa shape index (κ2) is 13.8. The number of aromatic carboxylic acids is 3. The number of benzene rings is 4. The summed E-state index contributed by atoms with van der Waals surface area (Å²) in [5, 5.41) is 28.8. The van der Waals surface area contributed by atoms with E-state index in [1.807, 2.05) is 60.7 Å². The minimum atomic E-state index is -1.61. The molecule has 0 unspecified atom stereocenters. The molecule has 1 amide bonds. The molecular formula is C33H29NO8. The predicted molar refractivity (Wildman–Crippen MR) is 154 cm³/mol. The van der Waals surface area contributed by atoms with Gasteiger partial charge in [-0.15, -0.1) is 0 Å². The van der Waals surface area contributed by atoms with Gasteiger partial charge in [0, 0.05) is 13.1 Å². The van der Waals surface area contributed by atoms with E-state index in [0.717, 1.165) is 36.1 Å². The Bertz CT molecular complexity index is 1570. The van der Waals surface area contributed by atoms with E-state index in [-0.39, 0.29) is 13.1 Å². The molecule has 214 valence electrons. The number of carbonyl (C=O) groups excluding carboxylic acids is 1. The molecule has 0 bridgehead atoms. The van der Waals surface area contributed by atoms with Crippen molar-refractivity contribution < 1.29 is 39.2 Å². The van der Waals surface area contributed by atoms with Crippen LogP contribution in [-0.2, 0) is 13.0 Å². The van der Waals surface area contributed by atoms with E-state index < -0.39 is 46.1 Å². The molecule has 0 fully saturated rings. The summed E-state index contributed by atoms with van der Waals surface area (Å²) in [7, 11) is 0. The van der Waals surface area contributed by atoms with Crippen molar-refractivity contribution in [3.8, 4) is 11.5 Å². The van der Waals surface area contributed by atoms with E-state index in [1.54, 1.807) is 24.3 Å². The van der Waals surface area contributed by atoms with Crippen LogP contribution in [0, 0.1) is 0 Å². The van der Waals surface area contributed by atoms with Gasteiger partial charge in [-0.2, -0.15) is 0 Å². The summed E-state index contributed by atoms with van der Waals surface area (Å²) in [6, 6.07) is 27.8. The summed E-state index contributed by atoms with van der Waals surface area (Å²) in [4.78, 5) is 50.7.